The third-order valence-corrected chi connectivity index (χ3v) is 5.06. The molecular weight excluding hydrogens is 262 g/mol. The molecule has 0 spiro atoms. The lowest BCUT2D eigenvalue weighted by molar-refractivity contribution is 0.436. The predicted molar refractivity (Wildman–Crippen MR) is 76.9 cm³/mol. The fourth-order valence-corrected chi connectivity index (χ4v) is 3.58. The molecule has 6 heteroatoms. The third-order valence-electron chi connectivity index (χ3n) is 2.94. The topological polar surface area (TPSA) is 87.2 Å². The molecule has 0 unspecified atom stereocenters. The van der Waals surface area contributed by atoms with E-state index in [1.54, 1.807) is 26.0 Å². The van der Waals surface area contributed by atoms with E-state index in [2.05, 4.69) is 0 Å². The van der Waals surface area contributed by atoms with Crippen molar-refractivity contribution in [3.8, 4) is 0 Å². The van der Waals surface area contributed by atoms with E-state index in [9.17, 15) is 8.42 Å². The molecule has 0 saturated heterocycles. The monoisotopic (exact) mass is 283 g/mol. The molecule has 0 aliphatic rings. The van der Waals surface area contributed by atoms with Crippen LogP contribution in [-0.4, -0.2) is 31.6 Å². The maximum atomic E-state index is 12.6. The number of nitrogens with two attached hydrogens (primary N) is 1. The summed E-state index contributed by atoms with van der Waals surface area (Å²) in [5.74, 6) is -0.00499. The molecule has 0 aliphatic carbocycles. The number of nitrogens with zero attached hydrogens (tertiary/aromatic N) is 1. The van der Waals surface area contributed by atoms with E-state index in [1.165, 1.54) is 4.31 Å². The van der Waals surface area contributed by atoms with Gasteiger partial charge in [-0.05, 0) is 31.0 Å². The zero-order valence-corrected chi connectivity index (χ0v) is 12.4. The van der Waals surface area contributed by atoms with E-state index in [0.717, 1.165) is 11.1 Å². The summed E-state index contributed by atoms with van der Waals surface area (Å²) in [5.41, 5.74) is 6.93. The van der Waals surface area contributed by atoms with Crippen molar-refractivity contribution < 1.29 is 8.42 Å². The number of sulfonamides is 1. The Morgan fingerprint density at radius 2 is 2.00 bits per heavy atom. The van der Waals surface area contributed by atoms with Crippen LogP contribution in [0.1, 0.15) is 24.5 Å². The molecule has 0 heterocycles. The molecule has 0 aliphatic heterocycles. The Labute approximate surface area is 115 Å². The Kier molecular flexibility index (Phi) is 5.08. The SMILES string of the molecule is CCN(CCC(=N)N)S(=O)(=O)c1cc(C)ccc1C. The van der Waals surface area contributed by atoms with Gasteiger partial charge in [0.2, 0.25) is 10.0 Å². The largest absolute Gasteiger partial charge is 0.388 e. The normalized spacial score (nSPS) is 11.8. The van der Waals surface area contributed by atoms with Crippen molar-refractivity contribution in [3.63, 3.8) is 0 Å². The van der Waals surface area contributed by atoms with Crippen LogP contribution >= 0.6 is 0 Å². The summed E-state index contributed by atoms with van der Waals surface area (Å²) < 4.78 is 26.5. The molecule has 0 fully saturated rings. The van der Waals surface area contributed by atoms with E-state index < -0.39 is 10.0 Å². The lowest BCUT2D eigenvalue weighted by atomic mass is 10.2. The molecular formula is C13H21N3O2S. The quantitative estimate of drug-likeness (QED) is 0.614. The van der Waals surface area contributed by atoms with Crippen molar-refractivity contribution in [2.45, 2.75) is 32.1 Å². The van der Waals surface area contributed by atoms with Crippen LogP contribution in [0.15, 0.2) is 23.1 Å². The van der Waals surface area contributed by atoms with E-state index in [4.69, 9.17) is 11.1 Å². The van der Waals surface area contributed by atoms with Gasteiger partial charge < -0.3 is 5.73 Å². The van der Waals surface area contributed by atoms with Gasteiger partial charge in [-0.3, -0.25) is 5.41 Å². The van der Waals surface area contributed by atoms with E-state index in [0.29, 0.717) is 11.4 Å². The molecule has 3 N–H and O–H groups in total. The highest BCUT2D eigenvalue weighted by atomic mass is 32.2. The summed E-state index contributed by atoms with van der Waals surface area (Å²) in [7, 11) is -3.52. The molecule has 0 amide bonds. The smallest absolute Gasteiger partial charge is 0.243 e. The summed E-state index contributed by atoms with van der Waals surface area (Å²) in [5, 5.41) is 7.20. The van der Waals surface area contributed by atoms with Gasteiger partial charge in [-0.2, -0.15) is 4.31 Å². The van der Waals surface area contributed by atoms with Crippen LogP contribution in [-0.2, 0) is 10.0 Å². The molecule has 0 atom stereocenters. The Morgan fingerprint density at radius 3 is 2.53 bits per heavy atom. The molecule has 1 aromatic carbocycles. The first kappa shape index (κ1) is 15.7. The highest BCUT2D eigenvalue weighted by Gasteiger charge is 2.24. The van der Waals surface area contributed by atoms with Gasteiger partial charge in [0.05, 0.1) is 10.7 Å². The Hall–Kier alpha value is -1.40. The van der Waals surface area contributed by atoms with Crippen molar-refractivity contribution >= 4 is 15.9 Å². The van der Waals surface area contributed by atoms with Gasteiger partial charge in [-0.1, -0.05) is 19.1 Å². The van der Waals surface area contributed by atoms with Crippen LogP contribution in [0.25, 0.3) is 0 Å². The summed E-state index contributed by atoms with van der Waals surface area (Å²) >= 11 is 0. The Balaban J connectivity index is 3.13. The molecule has 5 nitrogen and oxygen atoms in total. The number of aryl methyl sites for hydroxylation is 2. The summed E-state index contributed by atoms with van der Waals surface area (Å²) in [4.78, 5) is 0.331. The summed E-state index contributed by atoms with van der Waals surface area (Å²) in [6.07, 6.45) is 0.248. The van der Waals surface area contributed by atoms with Gasteiger partial charge >= 0.3 is 0 Å². The average molecular weight is 283 g/mol. The summed E-state index contributed by atoms with van der Waals surface area (Å²) in [6.45, 7) is 6.03. The molecule has 0 radical (unpaired) electrons. The van der Waals surface area contributed by atoms with Crippen molar-refractivity contribution in [1.29, 1.82) is 5.41 Å². The second-order valence-corrected chi connectivity index (χ2v) is 6.45. The van der Waals surface area contributed by atoms with Crippen LogP contribution in [0.3, 0.4) is 0 Å². The number of benzene rings is 1. The van der Waals surface area contributed by atoms with Crippen molar-refractivity contribution in [2.75, 3.05) is 13.1 Å². The average Bonchev–Trinajstić information content (AvgIpc) is 2.32. The lowest BCUT2D eigenvalue weighted by Gasteiger charge is -2.21. The van der Waals surface area contributed by atoms with Crippen LogP contribution in [0.5, 0.6) is 0 Å². The maximum Gasteiger partial charge on any atom is 0.243 e. The number of rotatable bonds is 6. The first-order valence-corrected chi connectivity index (χ1v) is 7.63. The van der Waals surface area contributed by atoms with Gasteiger partial charge in [0.1, 0.15) is 0 Å². The predicted octanol–water partition coefficient (Wildman–Crippen LogP) is 1.64. The molecule has 0 bridgehead atoms. The first-order valence-electron chi connectivity index (χ1n) is 6.19. The van der Waals surface area contributed by atoms with E-state index in [-0.39, 0.29) is 18.8 Å². The van der Waals surface area contributed by atoms with Crippen LogP contribution in [0, 0.1) is 19.3 Å². The Bertz CT molecular complexity index is 567. The zero-order valence-electron chi connectivity index (χ0n) is 11.6. The highest BCUT2D eigenvalue weighted by Crippen LogP contribution is 2.21. The molecule has 0 aromatic heterocycles. The van der Waals surface area contributed by atoms with Gasteiger partial charge in [0, 0.05) is 19.5 Å². The maximum absolute atomic E-state index is 12.6. The van der Waals surface area contributed by atoms with Crippen molar-refractivity contribution in [3.05, 3.63) is 29.3 Å². The van der Waals surface area contributed by atoms with Gasteiger partial charge in [-0.15, -0.1) is 0 Å². The molecule has 0 saturated carbocycles. The minimum absolute atomic E-state index is 0.00499. The van der Waals surface area contributed by atoms with Crippen molar-refractivity contribution in [1.82, 2.24) is 4.31 Å². The van der Waals surface area contributed by atoms with Gasteiger partial charge in [-0.25, -0.2) is 8.42 Å². The molecule has 106 valence electrons. The van der Waals surface area contributed by atoms with Gasteiger partial charge in [0.25, 0.3) is 0 Å². The van der Waals surface area contributed by atoms with Crippen LogP contribution in [0.2, 0.25) is 0 Å². The minimum atomic E-state index is -3.52. The standard InChI is InChI=1S/C13H21N3O2S/c1-4-16(8-7-13(14)15)19(17,18)12-9-10(2)5-6-11(12)3/h5-6,9H,4,7-8H2,1-3H3,(H3,14,15). The van der Waals surface area contributed by atoms with Gasteiger partial charge in [0.15, 0.2) is 0 Å². The fourth-order valence-electron chi connectivity index (χ4n) is 1.82. The first-order chi connectivity index (χ1) is 8.78. The molecule has 1 aromatic rings. The Morgan fingerprint density at radius 1 is 1.37 bits per heavy atom. The number of nitrogens with one attached hydrogen (secondary N) is 1. The number of hydrogen-bond acceptors (Lipinski definition) is 3. The lowest BCUT2D eigenvalue weighted by Crippen LogP contribution is -2.34. The second kappa shape index (κ2) is 6.16. The van der Waals surface area contributed by atoms with E-state index >= 15 is 0 Å². The van der Waals surface area contributed by atoms with Crippen LogP contribution < -0.4 is 5.73 Å². The van der Waals surface area contributed by atoms with Crippen LogP contribution in [0.4, 0.5) is 0 Å². The second-order valence-electron chi connectivity index (χ2n) is 4.54. The minimum Gasteiger partial charge on any atom is -0.388 e. The van der Waals surface area contributed by atoms with Crippen molar-refractivity contribution in [2.24, 2.45) is 5.73 Å². The molecule has 19 heavy (non-hydrogen) atoms. The highest BCUT2D eigenvalue weighted by molar-refractivity contribution is 7.89. The van der Waals surface area contributed by atoms with E-state index in [1.807, 2.05) is 13.0 Å². The number of hydrogen-bond donors (Lipinski definition) is 2. The zero-order chi connectivity index (χ0) is 14.6. The molecule has 1 rings (SSSR count). The third kappa shape index (κ3) is 3.78. The fraction of sp³-hybridized carbons (Fsp3) is 0.462. The summed E-state index contributed by atoms with van der Waals surface area (Å²) in [6, 6.07) is 5.38. The number of amidine groups is 1.